The minimum Gasteiger partial charge on any atom is -0.357 e. The fourth-order valence-electron chi connectivity index (χ4n) is 2.92. The van der Waals surface area contributed by atoms with Gasteiger partial charge in [-0.25, -0.2) is 18.1 Å². The molecule has 0 aliphatic carbocycles. The molecule has 0 amide bonds. The molecule has 2 N–H and O–H groups in total. The Morgan fingerprint density at radius 1 is 1.03 bits per heavy atom. The zero-order chi connectivity index (χ0) is 21.4. The molecule has 7 nitrogen and oxygen atoms in total. The average Bonchev–Trinajstić information content (AvgIpc) is 3.27. The fourth-order valence-corrected chi connectivity index (χ4v) is 3.55. The van der Waals surface area contributed by atoms with Gasteiger partial charge in [-0.1, -0.05) is 24.3 Å². The Morgan fingerprint density at radius 3 is 2.29 bits per heavy atom. The van der Waals surface area contributed by atoms with Crippen molar-refractivity contribution in [1.29, 1.82) is 0 Å². The van der Waals surface area contributed by atoms with Crippen LogP contribution in [0.1, 0.15) is 18.1 Å². The summed E-state index contributed by atoms with van der Waals surface area (Å²) in [6.07, 6.45) is 5.76. The van der Waals surface area contributed by atoms with Gasteiger partial charge >= 0.3 is 0 Å². The van der Waals surface area contributed by atoms with Gasteiger partial charge in [0, 0.05) is 31.7 Å². The maximum Gasteiger partial charge on any atom is 0.191 e. The second kappa shape index (κ2) is 11.8. The molecular formula is C22H28IN5O2S. The van der Waals surface area contributed by atoms with Crippen LogP contribution in [-0.4, -0.2) is 43.5 Å². The third kappa shape index (κ3) is 7.66. The van der Waals surface area contributed by atoms with Crippen molar-refractivity contribution in [1.82, 2.24) is 20.4 Å². The number of rotatable bonds is 8. The van der Waals surface area contributed by atoms with Gasteiger partial charge in [0.05, 0.1) is 17.1 Å². The van der Waals surface area contributed by atoms with Gasteiger partial charge in [-0.2, -0.15) is 5.10 Å². The molecule has 31 heavy (non-hydrogen) atoms. The monoisotopic (exact) mass is 553 g/mol. The Morgan fingerprint density at radius 2 is 1.71 bits per heavy atom. The third-order valence-corrected chi connectivity index (χ3v) is 5.66. The number of nitrogens with zero attached hydrogens (tertiary/aromatic N) is 3. The highest BCUT2D eigenvalue weighted by Gasteiger charge is 2.06. The maximum absolute atomic E-state index is 11.6. The lowest BCUT2D eigenvalue weighted by atomic mass is 10.1. The number of guanidine groups is 1. The summed E-state index contributed by atoms with van der Waals surface area (Å²) in [5.74, 6) is 0.734. The first-order valence-corrected chi connectivity index (χ1v) is 11.7. The number of hydrogen-bond donors (Lipinski definition) is 2. The van der Waals surface area contributed by atoms with E-state index in [0.29, 0.717) is 11.4 Å². The molecule has 1 heterocycles. The van der Waals surface area contributed by atoms with Crippen LogP contribution in [0.3, 0.4) is 0 Å². The van der Waals surface area contributed by atoms with E-state index in [4.69, 9.17) is 0 Å². The van der Waals surface area contributed by atoms with Gasteiger partial charge in [0.1, 0.15) is 0 Å². The highest BCUT2D eigenvalue weighted by atomic mass is 127. The summed E-state index contributed by atoms with van der Waals surface area (Å²) in [5.41, 5.74) is 3.22. The lowest BCUT2D eigenvalue weighted by Crippen LogP contribution is -2.38. The number of sulfone groups is 1. The molecule has 0 aliphatic rings. The topological polar surface area (TPSA) is 88.4 Å². The van der Waals surface area contributed by atoms with Gasteiger partial charge < -0.3 is 10.6 Å². The first kappa shape index (κ1) is 24.9. The van der Waals surface area contributed by atoms with Gasteiger partial charge in [0.2, 0.25) is 0 Å². The lowest BCUT2D eigenvalue weighted by molar-refractivity contribution is 0.602. The Hall–Kier alpha value is -2.40. The second-order valence-electron chi connectivity index (χ2n) is 6.91. The van der Waals surface area contributed by atoms with E-state index in [2.05, 4.69) is 45.0 Å². The SMILES string of the molecule is CCNC(=NCc1ccc(S(C)(=O)=O)cc1)NCCc1ccc(-n2cccn2)cc1.I. The van der Waals surface area contributed by atoms with E-state index < -0.39 is 9.84 Å². The number of aromatic nitrogens is 2. The van der Waals surface area contributed by atoms with E-state index in [0.717, 1.165) is 36.7 Å². The first-order chi connectivity index (χ1) is 14.5. The molecule has 0 atom stereocenters. The number of benzene rings is 2. The minimum absolute atomic E-state index is 0. The van der Waals surface area contributed by atoms with Crippen molar-refractivity contribution in [2.45, 2.75) is 24.8 Å². The molecule has 0 fully saturated rings. The summed E-state index contributed by atoms with van der Waals surface area (Å²) < 4.78 is 24.9. The summed E-state index contributed by atoms with van der Waals surface area (Å²) in [7, 11) is -3.18. The maximum atomic E-state index is 11.6. The van der Waals surface area contributed by atoms with Crippen LogP contribution in [0.2, 0.25) is 0 Å². The van der Waals surface area contributed by atoms with E-state index >= 15 is 0 Å². The van der Waals surface area contributed by atoms with Crippen LogP contribution in [0.5, 0.6) is 0 Å². The van der Waals surface area contributed by atoms with Crippen LogP contribution >= 0.6 is 24.0 Å². The largest absolute Gasteiger partial charge is 0.357 e. The lowest BCUT2D eigenvalue weighted by Gasteiger charge is -2.12. The van der Waals surface area contributed by atoms with Crippen molar-refractivity contribution in [3.63, 3.8) is 0 Å². The predicted octanol–water partition coefficient (Wildman–Crippen LogP) is 3.19. The van der Waals surface area contributed by atoms with Crippen LogP contribution in [-0.2, 0) is 22.8 Å². The highest BCUT2D eigenvalue weighted by molar-refractivity contribution is 14.0. The van der Waals surface area contributed by atoms with Crippen LogP contribution in [0.25, 0.3) is 5.69 Å². The van der Waals surface area contributed by atoms with Gasteiger partial charge in [-0.05, 0) is 54.8 Å². The standard InChI is InChI=1S/C22H27N5O2S.HI/c1-3-23-22(25-17-19-7-11-21(12-8-19)30(2,28)29)24-15-13-18-5-9-20(10-6-18)27-16-4-14-26-27;/h4-12,14,16H,3,13,15,17H2,1-2H3,(H2,23,24,25);1H. The van der Waals surface area contributed by atoms with Crippen molar-refractivity contribution >= 4 is 39.8 Å². The Kier molecular flexibility index (Phi) is 9.50. The zero-order valence-corrected chi connectivity index (χ0v) is 20.8. The minimum atomic E-state index is -3.18. The van der Waals surface area contributed by atoms with Gasteiger partial charge in [-0.3, -0.25) is 0 Å². The predicted molar refractivity (Wildman–Crippen MR) is 135 cm³/mol. The molecule has 0 spiro atoms. The number of aliphatic imine (C=N–C) groups is 1. The molecule has 0 unspecified atom stereocenters. The summed E-state index contributed by atoms with van der Waals surface area (Å²) in [6, 6.07) is 17.1. The molecule has 0 bridgehead atoms. The van der Waals surface area contributed by atoms with Crippen LogP contribution < -0.4 is 10.6 Å². The number of nitrogens with one attached hydrogen (secondary N) is 2. The molecule has 3 aromatic rings. The summed E-state index contributed by atoms with van der Waals surface area (Å²) in [5, 5.41) is 10.8. The molecule has 0 aliphatic heterocycles. The van der Waals surface area contributed by atoms with Crippen LogP contribution in [0, 0.1) is 0 Å². The van der Waals surface area contributed by atoms with E-state index in [1.54, 1.807) is 30.5 Å². The van der Waals surface area contributed by atoms with E-state index in [1.165, 1.54) is 11.8 Å². The van der Waals surface area contributed by atoms with E-state index in [1.807, 2.05) is 23.9 Å². The Labute approximate surface area is 200 Å². The number of halogens is 1. The molecule has 3 rings (SSSR count). The van der Waals surface area contributed by atoms with Crippen molar-refractivity contribution in [2.75, 3.05) is 19.3 Å². The number of hydrogen-bond acceptors (Lipinski definition) is 4. The van der Waals surface area contributed by atoms with Crippen molar-refractivity contribution in [3.8, 4) is 5.69 Å². The highest BCUT2D eigenvalue weighted by Crippen LogP contribution is 2.11. The van der Waals surface area contributed by atoms with Crippen molar-refractivity contribution in [3.05, 3.63) is 78.1 Å². The molecular weight excluding hydrogens is 525 g/mol. The smallest absolute Gasteiger partial charge is 0.191 e. The van der Waals surface area contributed by atoms with Crippen molar-refractivity contribution in [2.24, 2.45) is 4.99 Å². The van der Waals surface area contributed by atoms with Crippen molar-refractivity contribution < 1.29 is 8.42 Å². The summed E-state index contributed by atoms with van der Waals surface area (Å²) in [4.78, 5) is 4.91. The second-order valence-corrected chi connectivity index (χ2v) is 8.92. The normalized spacial score (nSPS) is 11.6. The molecule has 0 saturated carbocycles. The zero-order valence-electron chi connectivity index (χ0n) is 17.7. The molecule has 0 radical (unpaired) electrons. The van der Waals surface area contributed by atoms with Crippen LogP contribution in [0.15, 0.2) is 76.9 Å². The van der Waals surface area contributed by atoms with Gasteiger partial charge in [0.25, 0.3) is 0 Å². The average molecular weight is 553 g/mol. The van der Waals surface area contributed by atoms with Crippen LogP contribution in [0.4, 0.5) is 0 Å². The third-order valence-electron chi connectivity index (χ3n) is 4.53. The fraction of sp³-hybridized carbons (Fsp3) is 0.273. The molecule has 0 saturated heterocycles. The quantitative estimate of drug-likeness (QED) is 0.254. The Bertz CT molecular complexity index is 1060. The summed E-state index contributed by atoms with van der Waals surface area (Å²) >= 11 is 0. The molecule has 2 aromatic carbocycles. The first-order valence-electron chi connectivity index (χ1n) is 9.86. The summed E-state index contributed by atoms with van der Waals surface area (Å²) in [6.45, 7) is 4.00. The van der Waals surface area contributed by atoms with Gasteiger partial charge in [0.15, 0.2) is 15.8 Å². The molecule has 9 heteroatoms. The van der Waals surface area contributed by atoms with E-state index in [-0.39, 0.29) is 24.0 Å². The van der Waals surface area contributed by atoms with Gasteiger partial charge in [-0.15, -0.1) is 24.0 Å². The molecule has 166 valence electrons. The Balaban J connectivity index is 0.00000341. The van der Waals surface area contributed by atoms with E-state index in [9.17, 15) is 8.42 Å². The molecule has 1 aromatic heterocycles.